The number of hydrogen-bond acceptors (Lipinski definition) is 5. The number of nitriles is 1. The van der Waals surface area contributed by atoms with E-state index in [1.807, 2.05) is 12.3 Å². The van der Waals surface area contributed by atoms with Gasteiger partial charge in [0.15, 0.2) is 0 Å². The van der Waals surface area contributed by atoms with Gasteiger partial charge in [-0.05, 0) is 43.6 Å². The van der Waals surface area contributed by atoms with Crippen molar-refractivity contribution in [2.75, 3.05) is 12.5 Å². The Morgan fingerprint density at radius 1 is 1.41 bits per heavy atom. The van der Waals surface area contributed by atoms with Crippen molar-refractivity contribution in [2.24, 2.45) is 16.2 Å². The fourth-order valence-electron chi connectivity index (χ4n) is 4.26. The molecule has 1 N–H and O–H groups in total. The second kappa shape index (κ2) is 7.64. The number of hydrogen-bond donors (Lipinski definition) is 1. The standard InChI is InChI=1S/C21H26N6OS/c1-14(16-6-4-15(5-7-16)8-10-22)27-19(13-25-29(2,3)28)26-18-12-24-21-17(20(18)27)9-11-23-21/h9,11-12,15-16H,1,4-8,13H2,2-3H3,(H,23,24). The Morgan fingerprint density at radius 3 is 2.86 bits per heavy atom. The van der Waals surface area contributed by atoms with E-state index < -0.39 is 9.73 Å². The number of nitrogens with zero attached hydrogens (tertiary/aromatic N) is 5. The molecular weight excluding hydrogens is 384 g/mol. The van der Waals surface area contributed by atoms with Gasteiger partial charge in [0.05, 0.1) is 17.8 Å². The molecule has 0 saturated heterocycles. The molecule has 3 heterocycles. The lowest BCUT2D eigenvalue weighted by molar-refractivity contribution is 0.316. The molecule has 3 aromatic rings. The number of rotatable bonds is 5. The summed E-state index contributed by atoms with van der Waals surface area (Å²) in [5.41, 5.74) is 3.58. The van der Waals surface area contributed by atoms with Gasteiger partial charge in [0.1, 0.15) is 23.5 Å². The maximum Gasteiger partial charge on any atom is 0.139 e. The van der Waals surface area contributed by atoms with Gasteiger partial charge in [0.2, 0.25) is 0 Å². The number of imidazole rings is 1. The van der Waals surface area contributed by atoms with Gasteiger partial charge >= 0.3 is 0 Å². The lowest BCUT2D eigenvalue weighted by Gasteiger charge is -2.29. The highest BCUT2D eigenvalue weighted by Crippen LogP contribution is 2.38. The maximum atomic E-state index is 12.2. The topological polar surface area (TPSA) is 99.7 Å². The summed E-state index contributed by atoms with van der Waals surface area (Å²) in [4.78, 5) is 12.4. The van der Waals surface area contributed by atoms with Crippen LogP contribution in [0.2, 0.25) is 0 Å². The second-order valence-electron chi connectivity index (χ2n) is 8.14. The van der Waals surface area contributed by atoms with Crippen LogP contribution < -0.4 is 0 Å². The van der Waals surface area contributed by atoms with E-state index >= 15 is 0 Å². The number of aromatic amines is 1. The number of pyridine rings is 1. The van der Waals surface area contributed by atoms with Gasteiger partial charge in [-0.3, -0.25) is 8.78 Å². The van der Waals surface area contributed by atoms with E-state index in [2.05, 4.69) is 31.5 Å². The van der Waals surface area contributed by atoms with Crippen molar-refractivity contribution in [1.82, 2.24) is 19.5 Å². The average molecular weight is 411 g/mol. The molecule has 0 amide bonds. The summed E-state index contributed by atoms with van der Waals surface area (Å²) in [5, 5.41) is 9.98. The van der Waals surface area contributed by atoms with Crippen LogP contribution in [-0.4, -0.2) is 36.2 Å². The van der Waals surface area contributed by atoms with Crippen molar-refractivity contribution in [3.63, 3.8) is 0 Å². The Morgan fingerprint density at radius 2 is 2.17 bits per heavy atom. The average Bonchev–Trinajstić information content (AvgIpc) is 3.30. The van der Waals surface area contributed by atoms with E-state index in [4.69, 9.17) is 10.2 Å². The van der Waals surface area contributed by atoms with Crippen LogP contribution in [-0.2, 0) is 16.3 Å². The Kier molecular flexibility index (Phi) is 5.17. The number of fused-ring (bicyclic) bond motifs is 3. The van der Waals surface area contributed by atoms with Crippen LogP contribution in [0.5, 0.6) is 0 Å². The molecule has 1 saturated carbocycles. The van der Waals surface area contributed by atoms with E-state index in [9.17, 15) is 4.21 Å². The zero-order valence-corrected chi connectivity index (χ0v) is 17.7. The van der Waals surface area contributed by atoms with Crippen molar-refractivity contribution >= 4 is 37.5 Å². The molecule has 0 aromatic carbocycles. The summed E-state index contributed by atoms with van der Waals surface area (Å²) in [6.07, 6.45) is 11.7. The summed E-state index contributed by atoms with van der Waals surface area (Å²) in [6, 6.07) is 4.31. The van der Waals surface area contributed by atoms with E-state index in [1.165, 1.54) is 0 Å². The van der Waals surface area contributed by atoms with E-state index in [-0.39, 0.29) is 6.54 Å². The van der Waals surface area contributed by atoms with Crippen molar-refractivity contribution in [3.05, 3.63) is 30.9 Å². The fraction of sp³-hybridized carbons (Fsp3) is 0.476. The highest BCUT2D eigenvalue weighted by Gasteiger charge is 2.26. The Bertz CT molecular complexity index is 1220. The van der Waals surface area contributed by atoms with Crippen LogP contribution in [0.15, 0.2) is 29.4 Å². The lowest BCUT2D eigenvalue weighted by Crippen LogP contribution is -2.18. The van der Waals surface area contributed by atoms with E-state index in [1.54, 1.807) is 18.7 Å². The van der Waals surface area contributed by atoms with Crippen LogP contribution in [0.4, 0.5) is 0 Å². The molecule has 1 aliphatic carbocycles. The first-order valence-corrected chi connectivity index (χ1v) is 12.2. The Labute approximate surface area is 171 Å². The van der Waals surface area contributed by atoms with E-state index in [0.717, 1.165) is 59.3 Å². The van der Waals surface area contributed by atoms with Crippen LogP contribution in [0.3, 0.4) is 0 Å². The second-order valence-corrected chi connectivity index (χ2v) is 10.8. The molecule has 1 fully saturated rings. The number of nitrogens with one attached hydrogen (secondary N) is 1. The maximum absolute atomic E-state index is 12.2. The van der Waals surface area contributed by atoms with E-state index in [0.29, 0.717) is 18.3 Å². The molecule has 0 unspecified atom stereocenters. The minimum atomic E-state index is -2.23. The third kappa shape index (κ3) is 3.92. The molecule has 4 rings (SSSR count). The normalized spacial score (nSPS) is 20.0. The Balaban J connectivity index is 1.78. The molecular formula is C21H26N6OS. The predicted molar refractivity (Wildman–Crippen MR) is 117 cm³/mol. The smallest absolute Gasteiger partial charge is 0.139 e. The predicted octanol–water partition coefficient (Wildman–Crippen LogP) is 4.33. The molecule has 8 heteroatoms. The quantitative estimate of drug-likeness (QED) is 0.676. The first-order chi connectivity index (χ1) is 13.9. The van der Waals surface area contributed by atoms with Gasteiger partial charge in [-0.1, -0.05) is 6.58 Å². The molecule has 7 nitrogen and oxygen atoms in total. The van der Waals surface area contributed by atoms with Gasteiger partial charge in [-0.2, -0.15) is 5.26 Å². The summed E-state index contributed by atoms with van der Waals surface area (Å²) in [6.45, 7) is 4.73. The molecule has 0 bridgehead atoms. The van der Waals surface area contributed by atoms with Crippen LogP contribution >= 0.6 is 0 Å². The SMILES string of the molecule is C=C(C1CCC(CC#N)CC1)n1c(CN=S(C)(C)=O)nc2cnc3[nH]ccc3c21. The number of allylic oxidation sites excluding steroid dienone is 1. The molecule has 0 aliphatic heterocycles. The minimum Gasteiger partial charge on any atom is -0.346 e. The summed E-state index contributed by atoms with van der Waals surface area (Å²) >= 11 is 0. The lowest BCUT2D eigenvalue weighted by atomic mass is 9.79. The Hall–Kier alpha value is -2.66. The van der Waals surface area contributed by atoms with Crippen LogP contribution in [0.25, 0.3) is 27.8 Å². The molecule has 29 heavy (non-hydrogen) atoms. The minimum absolute atomic E-state index is 0.273. The van der Waals surface area contributed by atoms with Crippen molar-refractivity contribution < 1.29 is 4.21 Å². The molecule has 0 atom stereocenters. The first-order valence-electron chi connectivity index (χ1n) is 9.90. The molecule has 0 radical (unpaired) electrons. The molecule has 0 spiro atoms. The van der Waals surface area contributed by atoms with Gasteiger partial charge in [-0.15, -0.1) is 0 Å². The van der Waals surface area contributed by atoms with Gasteiger partial charge in [-0.25, -0.2) is 14.3 Å². The van der Waals surface area contributed by atoms with Crippen molar-refractivity contribution in [2.45, 2.75) is 38.6 Å². The van der Waals surface area contributed by atoms with Gasteiger partial charge < -0.3 is 4.98 Å². The van der Waals surface area contributed by atoms with Gasteiger partial charge in [0, 0.05) is 45.9 Å². The number of aromatic nitrogens is 4. The third-order valence-corrected chi connectivity index (χ3v) is 6.52. The largest absolute Gasteiger partial charge is 0.346 e. The zero-order valence-electron chi connectivity index (χ0n) is 16.9. The van der Waals surface area contributed by atoms with Gasteiger partial charge in [0.25, 0.3) is 0 Å². The summed E-state index contributed by atoms with van der Waals surface area (Å²) in [5.74, 6) is 1.57. The highest BCUT2D eigenvalue weighted by molar-refractivity contribution is 7.92. The first kappa shape index (κ1) is 19.6. The molecule has 3 aromatic heterocycles. The van der Waals surface area contributed by atoms with Crippen molar-refractivity contribution in [3.8, 4) is 6.07 Å². The van der Waals surface area contributed by atoms with Crippen LogP contribution in [0, 0.1) is 23.2 Å². The highest BCUT2D eigenvalue weighted by atomic mass is 32.2. The number of H-pyrrole nitrogens is 1. The summed E-state index contributed by atoms with van der Waals surface area (Å²) in [7, 11) is -2.23. The monoisotopic (exact) mass is 410 g/mol. The van der Waals surface area contributed by atoms with Crippen molar-refractivity contribution in [1.29, 1.82) is 5.26 Å². The zero-order chi connectivity index (χ0) is 20.6. The summed E-state index contributed by atoms with van der Waals surface area (Å²) < 4.78 is 18.6. The molecule has 1 aliphatic rings. The third-order valence-electron chi connectivity index (χ3n) is 5.77. The molecule has 152 valence electrons. The van der Waals surface area contributed by atoms with Crippen LogP contribution in [0.1, 0.15) is 37.9 Å². The fourth-order valence-corrected chi connectivity index (χ4v) is 4.68.